The molecular formula is C17H27N. The van der Waals surface area contributed by atoms with Crippen molar-refractivity contribution in [3.05, 3.63) is 34.9 Å². The van der Waals surface area contributed by atoms with E-state index in [1.165, 1.54) is 29.5 Å². The second kappa shape index (κ2) is 5.88. The number of nitrogens with one attached hydrogen (secondary N) is 1. The van der Waals surface area contributed by atoms with Gasteiger partial charge in [-0.2, -0.15) is 0 Å². The molecule has 2 unspecified atom stereocenters. The van der Waals surface area contributed by atoms with E-state index in [1.54, 1.807) is 0 Å². The lowest BCUT2D eigenvalue weighted by molar-refractivity contribution is 0.369. The fraction of sp³-hybridized carbons (Fsp3) is 0.647. The Balaban J connectivity index is 2.24. The fourth-order valence-electron chi connectivity index (χ4n) is 3.14. The van der Waals surface area contributed by atoms with Crippen LogP contribution in [0.2, 0.25) is 0 Å². The van der Waals surface area contributed by atoms with Crippen molar-refractivity contribution in [1.82, 2.24) is 5.32 Å². The highest BCUT2D eigenvalue weighted by Crippen LogP contribution is 2.42. The Morgan fingerprint density at radius 2 is 1.83 bits per heavy atom. The minimum atomic E-state index is 0.522. The van der Waals surface area contributed by atoms with Crippen LogP contribution in [0.4, 0.5) is 0 Å². The maximum Gasteiger partial charge on any atom is 0.0346 e. The first kappa shape index (κ1) is 13.6. The molecule has 2 atom stereocenters. The van der Waals surface area contributed by atoms with Gasteiger partial charge < -0.3 is 5.32 Å². The molecular weight excluding hydrogens is 218 g/mol. The third-order valence-corrected chi connectivity index (χ3v) is 4.55. The molecule has 0 heterocycles. The van der Waals surface area contributed by atoms with Crippen molar-refractivity contribution in [2.24, 2.45) is 11.8 Å². The minimum absolute atomic E-state index is 0.522. The summed E-state index contributed by atoms with van der Waals surface area (Å²) in [5, 5.41) is 3.53. The van der Waals surface area contributed by atoms with Crippen molar-refractivity contribution in [2.45, 2.75) is 52.5 Å². The topological polar surface area (TPSA) is 12.0 Å². The number of hydrogen-bond acceptors (Lipinski definition) is 1. The van der Waals surface area contributed by atoms with Gasteiger partial charge in [0.2, 0.25) is 0 Å². The Labute approximate surface area is 112 Å². The van der Waals surface area contributed by atoms with Gasteiger partial charge in [-0.1, -0.05) is 39.0 Å². The molecule has 0 amide bonds. The van der Waals surface area contributed by atoms with Crippen LogP contribution < -0.4 is 5.32 Å². The van der Waals surface area contributed by atoms with Gasteiger partial charge in [0.25, 0.3) is 0 Å². The third kappa shape index (κ3) is 2.77. The van der Waals surface area contributed by atoms with Gasteiger partial charge in [-0.15, -0.1) is 0 Å². The standard InChI is InChI=1S/C17H27N/c1-5-13-7-10-16(11-14(13)6-2)17(18-4)12(3)15-8-9-15/h7,10-12,15,17-18H,5-6,8-9H2,1-4H3. The summed E-state index contributed by atoms with van der Waals surface area (Å²) in [6.45, 7) is 6.91. The van der Waals surface area contributed by atoms with E-state index in [0.717, 1.165) is 24.7 Å². The van der Waals surface area contributed by atoms with E-state index in [0.29, 0.717) is 6.04 Å². The van der Waals surface area contributed by atoms with Crippen molar-refractivity contribution in [3.8, 4) is 0 Å². The van der Waals surface area contributed by atoms with Crippen LogP contribution in [0.3, 0.4) is 0 Å². The first-order valence-electron chi connectivity index (χ1n) is 7.50. The Hall–Kier alpha value is -0.820. The van der Waals surface area contributed by atoms with Gasteiger partial charge in [0.15, 0.2) is 0 Å². The summed E-state index contributed by atoms with van der Waals surface area (Å²) < 4.78 is 0. The van der Waals surface area contributed by atoms with Crippen LogP contribution >= 0.6 is 0 Å². The Morgan fingerprint density at radius 1 is 1.17 bits per heavy atom. The predicted molar refractivity (Wildman–Crippen MR) is 78.9 cm³/mol. The van der Waals surface area contributed by atoms with Crippen LogP contribution in [0.15, 0.2) is 18.2 Å². The molecule has 0 spiro atoms. The van der Waals surface area contributed by atoms with Crippen LogP contribution in [0.25, 0.3) is 0 Å². The molecule has 0 saturated heterocycles. The SMILES string of the molecule is CCc1ccc(C(NC)C(C)C2CC2)cc1CC. The smallest absolute Gasteiger partial charge is 0.0346 e. The zero-order valence-corrected chi connectivity index (χ0v) is 12.3. The molecule has 1 N–H and O–H groups in total. The van der Waals surface area contributed by atoms with E-state index >= 15 is 0 Å². The quantitative estimate of drug-likeness (QED) is 0.795. The van der Waals surface area contributed by atoms with Crippen molar-refractivity contribution in [3.63, 3.8) is 0 Å². The molecule has 1 aliphatic carbocycles. The zero-order chi connectivity index (χ0) is 13.1. The summed E-state index contributed by atoms with van der Waals surface area (Å²) in [6.07, 6.45) is 5.14. The van der Waals surface area contributed by atoms with Crippen molar-refractivity contribution < 1.29 is 0 Å². The molecule has 1 aromatic rings. The molecule has 18 heavy (non-hydrogen) atoms. The highest BCUT2D eigenvalue weighted by Gasteiger charge is 2.33. The number of aryl methyl sites for hydroxylation is 2. The summed E-state index contributed by atoms with van der Waals surface area (Å²) in [6, 6.07) is 7.61. The number of benzene rings is 1. The van der Waals surface area contributed by atoms with Crippen LogP contribution in [0.5, 0.6) is 0 Å². The molecule has 1 nitrogen and oxygen atoms in total. The van der Waals surface area contributed by atoms with Gasteiger partial charge in [-0.25, -0.2) is 0 Å². The van der Waals surface area contributed by atoms with Gasteiger partial charge in [-0.3, -0.25) is 0 Å². The second-order valence-electron chi connectivity index (χ2n) is 5.70. The molecule has 1 aliphatic rings. The van der Waals surface area contributed by atoms with E-state index in [9.17, 15) is 0 Å². The van der Waals surface area contributed by atoms with Crippen LogP contribution in [-0.2, 0) is 12.8 Å². The van der Waals surface area contributed by atoms with Crippen molar-refractivity contribution in [1.29, 1.82) is 0 Å². The molecule has 0 radical (unpaired) electrons. The molecule has 2 rings (SSSR count). The average Bonchev–Trinajstić information content (AvgIpc) is 3.23. The molecule has 1 aromatic carbocycles. The lowest BCUT2D eigenvalue weighted by Gasteiger charge is -2.25. The second-order valence-corrected chi connectivity index (χ2v) is 5.70. The highest BCUT2D eigenvalue weighted by atomic mass is 14.9. The number of hydrogen-bond donors (Lipinski definition) is 1. The lowest BCUT2D eigenvalue weighted by atomic mass is 9.88. The molecule has 1 saturated carbocycles. The average molecular weight is 245 g/mol. The Kier molecular flexibility index (Phi) is 4.45. The molecule has 100 valence electrons. The fourth-order valence-corrected chi connectivity index (χ4v) is 3.14. The van der Waals surface area contributed by atoms with E-state index in [2.05, 4.69) is 51.3 Å². The molecule has 1 fully saturated rings. The maximum absolute atomic E-state index is 3.53. The van der Waals surface area contributed by atoms with Gasteiger partial charge >= 0.3 is 0 Å². The van der Waals surface area contributed by atoms with Gasteiger partial charge in [0.1, 0.15) is 0 Å². The van der Waals surface area contributed by atoms with E-state index in [-0.39, 0.29) is 0 Å². The molecule has 0 bridgehead atoms. The minimum Gasteiger partial charge on any atom is -0.313 e. The lowest BCUT2D eigenvalue weighted by Crippen LogP contribution is -2.25. The molecule has 0 aromatic heterocycles. The third-order valence-electron chi connectivity index (χ3n) is 4.55. The van der Waals surface area contributed by atoms with Gasteiger partial charge in [0, 0.05) is 6.04 Å². The van der Waals surface area contributed by atoms with Crippen LogP contribution in [0.1, 0.15) is 56.3 Å². The van der Waals surface area contributed by atoms with E-state index in [4.69, 9.17) is 0 Å². The number of rotatable bonds is 6. The summed E-state index contributed by atoms with van der Waals surface area (Å²) in [5.41, 5.74) is 4.51. The van der Waals surface area contributed by atoms with E-state index < -0.39 is 0 Å². The van der Waals surface area contributed by atoms with E-state index in [1.807, 2.05) is 0 Å². The largest absolute Gasteiger partial charge is 0.313 e. The first-order valence-corrected chi connectivity index (χ1v) is 7.50. The van der Waals surface area contributed by atoms with Crippen LogP contribution in [-0.4, -0.2) is 7.05 Å². The van der Waals surface area contributed by atoms with Crippen molar-refractivity contribution in [2.75, 3.05) is 7.05 Å². The summed E-state index contributed by atoms with van der Waals surface area (Å²) in [7, 11) is 2.10. The predicted octanol–water partition coefficient (Wildman–Crippen LogP) is 4.12. The maximum atomic E-state index is 3.53. The summed E-state index contributed by atoms with van der Waals surface area (Å²) in [5.74, 6) is 1.70. The zero-order valence-electron chi connectivity index (χ0n) is 12.3. The molecule has 0 aliphatic heterocycles. The van der Waals surface area contributed by atoms with Crippen molar-refractivity contribution >= 4 is 0 Å². The Morgan fingerprint density at radius 3 is 2.33 bits per heavy atom. The summed E-state index contributed by atoms with van der Waals surface area (Å²) >= 11 is 0. The van der Waals surface area contributed by atoms with Gasteiger partial charge in [0.05, 0.1) is 0 Å². The summed E-state index contributed by atoms with van der Waals surface area (Å²) in [4.78, 5) is 0. The normalized spacial score (nSPS) is 18.7. The monoisotopic (exact) mass is 245 g/mol. The highest BCUT2D eigenvalue weighted by molar-refractivity contribution is 5.34. The first-order chi connectivity index (χ1) is 8.71. The molecule has 1 heteroatoms. The van der Waals surface area contributed by atoms with Crippen LogP contribution in [0, 0.1) is 11.8 Å². The Bertz CT molecular complexity index is 393. The van der Waals surface area contributed by atoms with Gasteiger partial charge in [-0.05, 0) is 61.3 Å².